The smallest absolute Gasteiger partial charge is 0.287 e. The van der Waals surface area contributed by atoms with Gasteiger partial charge in [0.05, 0.1) is 0 Å². The number of alkyl halides is 2. The standard InChI is InChI=1S/C7H9F2N3/c1-7(8,9)6-5(2-10)3-11-4-12-6/h3-4H,2,10H2,1H3/i2D2. The molecule has 0 aliphatic rings. The molecule has 0 radical (unpaired) electrons. The molecule has 0 saturated carbocycles. The molecule has 0 aliphatic heterocycles. The molecular weight excluding hydrogens is 164 g/mol. The quantitative estimate of drug-likeness (QED) is 0.730. The van der Waals surface area contributed by atoms with Crippen molar-refractivity contribution in [2.75, 3.05) is 0 Å². The lowest BCUT2D eigenvalue weighted by molar-refractivity contribution is 0.0116. The van der Waals surface area contributed by atoms with E-state index in [1.165, 1.54) is 0 Å². The molecule has 0 atom stereocenters. The van der Waals surface area contributed by atoms with E-state index in [1.54, 1.807) is 0 Å². The Morgan fingerprint density at radius 1 is 1.75 bits per heavy atom. The Morgan fingerprint density at radius 2 is 2.42 bits per heavy atom. The molecule has 1 aromatic heterocycles. The highest BCUT2D eigenvalue weighted by atomic mass is 19.3. The van der Waals surface area contributed by atoms with Crippen molar-refractivity contribution in [2.45, 2.75) is 19.3 Å². The van der Waals surface area contributed by atoms with Crippen molar-refractivity contribution >= 4 is 0 Å². The average molecular weight is 175 g/mol. The molecule has 12 heavy (non-hydrogen) atoms. The first-order valence-corrected chi connectivity index (χ1v) is 3.20. The van der Waals surface area contributed by atoms with E-state index < -0.39 is 23.7 Å². The van der Waals surface area contributed by atoms with Crippen LogP contribution in [0.2, 0.25) is 0 Å². The number of nitrogens with zero attached hydrogens (tertiary/aromatic N) is 2. The van der Waals surface area contributed by atoms with Crippen LogP contribution in [0.3, 0.4) is 0 Å². The maximum atomic E-state index is 12.9. The van der Waals surface area contributed by atoms with Crippen LogP contribution in [-0.4, -0.2) is 9.97 Å². The summed E-state index contributed by atoms with van der Waals surface area (Å²) in [6.45, 7) is -1.74. The van der Waals surface area contributed by atoms with E-state index in [0.717, 1.165) is 12.5 Å². The molecule has 1 rings (SSSR count). The fourth-order valence-corrected chi connectivity index (χ4v) is 0.785. The predicted octanol–water partition coefficient (Wildman–Crippen LogP) is 1.05. The minimum atomic E-state index is -3.23. The molecule has 1 heterocycles. The monoisotopic (exact) mass is 175 g/mol. The van der Waals surface area contributed by atoms with E-state index in [2.05, 4.69) is 9.97 Å². The summed E-state index contributed by atoms with van der Waals surface area (Å²) in [6.07, 6.45) is 1.89. The number of nitrogens with two attached hydrogens (primary N) is 1. The zero-order valence-corrected chi connectivity index (χ0v) is 6.38. The summed E-state index contributed by atoms with van der Waals surface area (Å²) < 4.78 is 40.1. The summed E-state index contributed by atoms with van der Waals surface area (Å²) >= 11 is 0. The molecule has 3 nitrogen and oxygen atoms in total. The number of halogens is 2. The van der Waals surface area contributed by atoms with Crippen molar-refractivity contribution in [3.05, 3.63) is 23.8 Å². The van der Waals surface area contributed by atoms with Gasteiger partial charge in [-0.3, -0.25) is 0 Å². The Kier molecular flexibility index (Phi) is 1.66. The molecule has 0 fully saturated rings. The first kappa shape index (κ1) is 6.42. The van der Waals surface area contributed by atoms with Gasteiger partial charge in [-0.05, 0) is 0 Å². The fraction of sp³-hybridized carbons (Fsp3) is 0.429. The fourth-order valence-electron chi connectivity index (χ4n) is 0.785. The summed E-state index contributed by atoms with van der Waals surface area (Å²) in [6, 6.07) is 0. The topological polar surface area (TPSA) is 51.8 Å². The first-order valence-electron chi connectivity index (χ1n) is 4.20. The minimum Gasteiger partial charge on any atom is -0.326 e. The van der Waals surface area contributed by atoms with Gasteiger partial charge in [0.2, 0.25) is 0 Å². The van der Waals surface area contributed by atoms with Crippen LogP contribution in [0, 0.1) is 0 Å². The Morgan fingerprint density at radius 3 is 2.83 bits per heavy atom. The van der Waals surface area contributed by atoms with Gasteiger partial charge in [-0.25, -0.2) is 9.97 Å². The van der Waals surface area contributed by atoms with Crippen molar-refractivity contribution < 1.29 is 11.5 Å². The van der Waals surface area contributed by atoms with Crippen LogP contribution in [0.15, 0.2) is 12.5 Å². The molecule has 0 bridgehead atoms. The van der Waals surface area contributed by atoms with Crippen molar-refractivity contribution in [3.63, 3.8) is 0 Å². The molecule has 0 spiro atoms. The van der Waals surface area contributed by atoms with Crippen LogP contribution in [-0.2, 0) is 12.4 Å². The predicted molar refractivity (Wildman–Crippen MR) is 39.5 cm³/mol. The van der Waals surface area contributed by atoms with Gasteiger partial charge in [0.15, 0.2) is 0 Å². The van der Waals surface area contributed by atoms with Crippen molar-refractivity contribution in [1.82, 2.24) is 9.97 Å². The maximum Gasteiger partial charge on any atom is 0.287 e. The highest BCUT2D eigenvalue weighted by Gasteiger charge is 2.28. The van der Waals surface area contributed by atoms with E-state index in [-0.39, 0.29) is 0 Å². The lowest BCUT2D eigenvalue weighted by Gasteiger charge is -2.11. The molecule has 1 aromatic rings. The summed E-state index contributed by atoms with van der Waals surface area (Å²) in [5.74, 6) is -3.23. The number of aromatic nitrogens is 2. The third kappa shape index (κ3) is 1.73. The van der Waals surface area contributed by atoms with E-state index >= 15 is 0 Å². The van der Waals surface area contributed by atoms with E-state index in [9.17, 15) is 8.78 Å². The molecule has 5 heteroatoms. The average Bonchev–Trinajstić information content (AvgIpc) is 2.01. The molecule has 0 unspecified atom stereocenters. The van der Waals surface area contributed by atoms with Crippen LogP contribution in [0.1, 0.15) is 20.9 Å². The van der Waals surface area contributed by atoms with Crippen molar-refractivity contribution in [3.8, 4) is 0 Å². The van der Waals surface area contributed by atoms with Gasteiger partial charge in [0.25, 0.3) is 5.92 Å². The highest BCUT2D eigenvalue weighted by molar-refractivity contribution is 5.19. The van der Waals surface area contributed by atoms with Gasteiger partial charge < -0.3 is 5.73 Å². The minimum absolute atomic E-state index is 0.396. The molecule has 0 aromatic carbocycles. The van der Waals surface area contributed by atoms with Gasteiger partial charge in [0.1, 0.15) is 12.0 Å². The molecule has 0 amide bonds. The molecule has 2 N–H and O–H groups in total. The molecular formula is C7H9F2N3. The van der Waals surface area contributed by atoms with E-state index in [0.29, 0.717) is 6.92 Å². The van der Waals surface area contributed by atoms with Crippen LogP contribution in [0.25, 0.3) is 0 Å². The molecule has 66 valence electrons. The lowest BCUT2D eigenvalue weighted by Crippen LogP contribution is -2.15. The van der Waals surface area contributed by atoms with Crippen LogP contribution < -0.4 is 5.73 Å². The van der Waals surface area contributed by atoms with Gasteiger partial charge in [-0.2, -0.15) is 8.78 Å². The summed E-state index contributed by atoms with van der Waals surface area (Å²) in [7, 11) is 0. The van der Waals surface area contributed by atoms with Crippen LogP contribution in [0.4, 0.5) is 8.78 Å². The largest absolute Gasteiger partial charge is 0.326 e. The van der Waals surface area contributed by atoms with Crippen LogP contribution in [0.5, 0.6) is 0 Å². The zero-order chi connectivity index (χ0) is 11.0. The van der Waals surface area contributed by atoms with Crippen molar-refractivity contribution in [2.24, 2.45) is 5.73 Å². The Hall–Kier alpha value is -1.10. The Labute approximate surface area is 71.4 Å². The number of rotatable bonds is 2. The van der Waals surface area contributed by atoms with Gasteiger partial charge in [-0.1, -0.05) is 0 Å². The highest BCUT2D eigenvalue weighted by Crippen LogP contribution is 2.26. The second-order valence-corrected chi connectivity index (χ2v) is 2.32. The van der Waals surface area contributed by atoms with E-state index in [4.69, 9.17) is 8.48 Å². The third-order valence-electron chi connectivity index (χ3n) is 1.28. The maximum absolute atomic E-state index is 12.9. The molecule has 0 saturated heterocycles. The van der Waals surface area contributed by atoms with Crippen LogP contribution >= 0.6 is 0 Å². The SMILES string of the molecule is [2H]C([2H])(N)c1cncnc1C(C)(F)F. The Bertz CT molecular complexity index is 299. The summed E-state index contributed by atoms with van der Waals surface area (Å²) in [5.41, 5.74) is 4.00. The van der Waals surface area contributed by atoms with Gasteiger partial charge in [0, 0.05) is 27.9 Å². The normalized spacial score (nSPS) is 15.3. The second kappa shape index (κ2) is 3.10. The van der Waals surface area contributed by atoms with Crippen molar-refractivity contribution in [1.29, 1.82) is 0 Å². The van der Waals surface area contributed by atoms with E-state index in [1.807, 2.05) is 0 Å². The lowest BCUT2D eigenvalue weighted by atomic mass is 10.1. The van der Waals surface area contributed by atoms with Gasteiger partial charge >= 0.3 is 0 Å². The Balaban J connectivity index is 3.31. The first-order chi connectivity index (χ1) is 6.23. The number of hydrogen-bond donors (Lipinski definition) is 1. The second-order valence-electron chi connectivity index (χ2n) is 2.32. The summed E-state index contributed by atoms with van der Waals surface area (Å²) in [4.78, 5) is 6.80. The summed E-state index contributed by atoms with van der Waals surface area (Å²) in [5, 5.41) is 0. The number of hydrogen-bond acceptors (Lipinski definition) is 3. The van der Waals surface area contributed by atoms with Gasteiger partial charge in [-0.15, -0.1) is 0 Å². The third-order valence-corrected chi connectivity index (χ3v) is 1.28. The molecule has 0 aliphatic carbocycles. The zero-order valence-electron chi connectivity index (χ0n) is 8.38.